The summed E-state index contributed by atoms with van der Waals surface area (Å²) in [6, 6.07) is 7.37. The lowest BCUT2D eigenvalue weighted by Crippen LogP contribution is -2.33. The number of halogens is 1. The average Bonchev–Trinajstić information content (AvgIpc) is 2.30. The molecule has 1 unspecified atom stereocenters. The summed E-state index contributed by atoms with van der Waals surface area (Å²) in [6.45, 7) is 3.26. The Bertz CT molecular complexity index is 392. The molecule has 1 aromatic carbocycles. The molecular formula is C15H20FN. The van der Waals surface area contributed by atoms with Gasteiger partial charge in [-0.3, -0.25) is 0 Å². The first-order valence-corrected chi connectivity index (χ1v) is 6.40. The molecule has 1 aliphatic heterocycles. The molecule has 2 heteroatoms. The molecular weight excluding hydrogens is 213 g/mol. The molecule has 0 aliphatic carbocycles. The fourth-order valence-electron chi connectivity index (χ4n) is 2.43. The van der Waals surface area contributed by atoms with Crippen molar-refractivity contribution in [2.24, 2.45) is 0 Å². The van der Waals surface area contributed by atoms with Gasteiger partial charge >= 0.3 is 0 Å². The van der Waals surface area contributed by atoms with E-state index < -0.39 is 0 Å². The monoisotopic (exact) mass is 233 g/mol. The molecule has 0 radical (unpaired) electrons. The number of benzene rings is 1. The summed E-state index contributed by atoms with van der Waals surface area (Å²) < 4.78 is 13.0. The van der Waals surface area contributed by atoms with Gasteiger partial charge in [-0.05, 0) is 50.4 Å². The Morgan fingerprint density at radius 3 is 3.06 bits per heavy atom. The van der Waals surface area contributed by atoms with Gasteiger partial charge in [0.2, 0.25) is 0 Å². The van der Waals surface area contributed by atoms with E-state index in [1.807, 2.05) is 6.07 Å². The lowest BCUT2D eigenvalue weighted by atomic mass is 9.97. The van der Waals surface area contributed by atoms with Crippen molar-refractivity contribution in [1.29, 1.82) is 0 Å². The summed E-state index contributed by atoms with van der Waals surface area (Å²) in [5.41, 5.74) is 2.27. The highest BCUT2D eigenvalue weighted by molar-refractivity contribution is 5.52. The second kappa shape index (κ2) is 5.97. The molecule has 1 nitrogen and oxygen atoms in total. The molecule has 2 rings (SSSR count). The summed E-state index contributed by atoms with van der Waals surface area (Å²) in [5, 5.41) is 3.53. The van der Waals surface area contributed by atoms with Crippen LogP contribution in [0.5, 0.6) is 0 Å². The minimum Gasteiger partial charge on any atom is -0.314 e. The second-order valence-electron chi connectivity index (χ2n) is 4.90. The van der Waals surface area contributed by atoms with Crippen LogP contribution in [-0.2, 0) is 0 Å². The molecule has 1 N–H and O–H groups in total. The maximum Gasteiger partial charge on any atom is 0.123 e. The summed E-state index contributed by atoms with van der Waals surface area (Å²) in [5.74, 6) is -0.164. The van der Waals surface area contributed by atoms with Gasteiger partial charge in [0.05, 0.1) is 0 Å². The van der Waals surface area contributed by atoms with Gasteiger partial charge in [0.1, 0.15) is 5.82 Å². The summed E-state index contributed by atoms with van der Waals surface area (Å²) in [4.78, 5) is 0. The smallest absolute Gasteiger partial charge is 0.123 e. The van der Waals surface area contributed by atoms with Gasteiger partial charge in [-0.1, -0.05) is 30.2 Å². The maximum absolute atomic E-state index is 13.0. The zero-order valence-electron chi connectivity index (χ0n) is 10.4. The average molecular weight is 233 g/mol. The van der Waals surface area contributed by atoms with Gasteiger partial charge in [-0.25, -0.2) is 4.39 Å². The third-order valence-electron chi connectivity index (χ3n) is 3.24. The first-order chi connectivity index (χ1) is 8.24. The van der Waals surface area contributed by atoms with Crippen LogP contribution in [-0.4, -0.2) is 12.6 Å². The van der Waals surface area contributed by atoms with E-state index in [2.05, 4.69) is 18.3 Å². The quantitative estimate of drug-likeness (QED) is 0.838. The minimum atomic E-state index is -0.164. The van der Waals surface area contributed by atoms with Crippen molar-refractivity contribution in [3.05, 3.63) is 41.2 Å². The molecule has 1 aliphatic rings. The molecule has 0 amide bonds. The Balaban J connectivity index is 1.96. The number of rotatable bonds is 3. The van der Waals surface area contributed by atoms with Gasteiger partial charge in [0.25, 0.3) is 0 Å². The summed E-state index contributed by atoms with van der Waals surface area (Å²) in [6.07, 6.45) is 7.03. The molecule has 0 aromatic heterocycles. The van der Waals surface area contributed by atoms with Crippen LogP contribution >= 0.6 is 0 Å². The predicted octanol–water partition coefficient (Wildman–Crippen LogP) is 3.76. The summed E-state index contributed by atoms with van der Waals surface area (Å²) >= 11 is 0. The SMILES string of the molecule is C/C(=C/c1cccc(F)c1)CC1CCCCN1. The number of hydrogen-bond acceptors (Lipinski definition) is 1. The third kappa shape index (κ3) is 3.97. The Morgan fingerprint density at radius 2 is 2.35 bits per heavy atom. The standard InChI is InChI=1S/C15H20FN/c1-12(10-15-7-2-3-8-17-15)9-13-5-4-6-14(16)11-13/h4-6,9,11,15,17H,2-3,7-8,10H2,1H3/b12-9-. The van der Waals surface area contributed by atoms with Crippen LogP contribution in [0.3, 0.4) is 0 Å². The van der Waals surface area contributed by atoms with Crippen LogP contribution in [0, 0.1) is 5.82 Å². The molecule has 1 atom stereocenters. The number of piperidine rings is 1. The Hall–Kier alpha value is -1.15. The van der Waals surface area contributed by atoms with Crippen LogP contribution < -0.4 is 5.32 Å². The predicted molar refractivity (Wildman–Crippen MR) is 70.3 cm³/mol. The molecule has 0 spiro atoms. The van der Waals surface area contributed by atoms with Crippen molar-refractivity contribution in [1.82, 2.24) is 5.32 Å². The van der Waals surface area contributed by atoms with Gasteiger partial charge in [-0.2, -0.15) is 0 Å². The highest BCUT2D eigenvalue weighted by Crippen LogP contribution is 2.17. The second-order valence-corrected chi connectivity index (χ2v) is 4.90. The number of nitrogens with one attached hydrogen (secondary N) is 1. The lowest BCUT2D eigenvalue weighted by molar-refractivity contribution is 0.399. The van der Waals surface area contributed by atoms with Crippen LogP contribution in [0.25, 0.3) is 6.08 Å². The van der Waals surface area contributed by atoms with E-state index in [0.717, 1.165) is 18.5 Å². The fraction of sp³-hybridized carbons (Fsp3) is 0.467. The molecule has 1 aromatic rings. The van der Waals surface area contributed by atoms with Crippen molar-refractivity contribution in [2.75, 3.05) is 6.54 Å². The Labute approximate surface area is 103 Å². The lowest BCUT2D eigenvalue weighted by Gasteiger charge is -2.23. The zero-order valence-corrected chi connectivity index (χ0v) is 10.4. The van der Waals surface area contributed by atoms with Crippen LogP contribution in [0.2, 0.25) is 0 Å². The molecule has 92 valence electrons. The van der Waals surface area contributed by atoms with Gasteiger partial charge in [0, 0.05) is 6.04 Å². The van der Waals surface area contributed by atoms with E-state index in [1.165, 1.54) is 30.9 Å². The summed E-state index contributed by atoms with van der Waals surface area (Å²) in [7, 11) is 0. The highest BCUT2D eigenvalue weighted by Gasteiger charge is 2.12. The normalized spacial score (nSPS) is 21.5. The van der Waals surface area contributed by atoms with Crippen LogP contribution in [0.4, 0.5) is 4.39 Å². The van der Waals surface area contributed by atoms with E-state index in [4.69, 9.17) is 0 Å². The first kappa shape index (κ1) is 12.3. The van der Waals surface area contributed by atoms with Gasteiger partial charge < -0.3 is 5.32 Å². The molecule has 0 bridgehead atoms. The maximum atomic E-state index is 13.0. The van der Waals surface area contributed by atoms with E-state index in [9.17, 15) is 4.39 Å². The zero-order chi connectivity index (χ0) is 12.1. The fourth-order valence-corrected chi connectivity index (χ4v) is 2.43. The Kier molecular flexibility index (Phi) is 4.32. The van der Waals surface area contributed by atoms with E-state index in [-0.39, 0.29) is 5.82 Å². The topological polar surface area (TPSA) is 12.0 Å². The largest absolute Gasteiger partial charge is 0.314 e. The van der Waals surface area contributed by atoms with Crippen molar-refractivity contribution in [3.8, 4) is 0 Å². The molecule has 1 heterocycles. The van der Waals surface area contributed by atoms with Crippen molar-refractivity contribution >= 4 is 6.08 Å². The minimum absolute atomic E-state index is 0.164. The molecule has 1 fully saturated rings. The van der Waals surface area contributed by atoms with Crippen molar-refractivity contribution < 1.29 is 4.39 Å². The van der Waals surface area contributed by atoms with Gasteiger partial charge in [0.15, 0.2) is 0 Å². The Morgan fingerprint density at radius 1 is 1.47 bits per heavy atom. The molecule has 17 heavy (non-hydrogen) atoms. The molecule has 1 saturated heterocycles. The van der Waals surface area contributed by atoms with E-state index in [1.54, 1.807) is 12.1 Å². The highest BCUT2D eigenvalue weighted by atomic mass is 19.1. The van der Waals surface area contributed by atoms with Crippen LogP contribution in [0.1, 0.15) is 38.2 Å². The van der Waals surface area contributed by atoms with Crippen LogP contribution in [0.15, 0.2) is 29.8 Å². The number of hydrogen-bond donors (Lipinski definition) is 1. The van der Waals surface area contributed by atoms with E-state index in [0.29, 0.717) is 6.04 Å². The van der Waals surface area contributed by atoms with Gasteiger partial charge in [-0.15, -0.1) is 0 Å². The molecule has 0 saturated carbocycles. The van der Waals surface area contributed by atoms with E-state index >= 15 is 0 Å². The first-order valence-electron chi connectivity index (χ1n) is 6.40. The van der Waals surface area contributed by atoms with Crippen molar-refractivity contribution in [3.63, 3.8) is 0 Å². The third-order valence-corrected chi connectivity index (χ3v) is 3.24. The van der Waals surface area contributed by atoms with Crippen molar-refractivity contribution in [2.45, 2.75) is 38.6 Å².